The maximum atomic E-state index is 12.4. The van der Waals surface area contributed by atoms with Gasteiger partial charge in [-0.25, -0.2) is 8.42 Å². The van der Waals surface area contributed by atoms with Gasteiger partial charge >= 0.3 is 0 Å². The van der Waals surface area contributed by atoms with E-state index in [0.29, 0.717) is 4.90 Å². The maximum Gasteiger partial charge on any atom is 0.193 e. The fraction of sp³-hybridized carbons (Fsp3) is 0.538. The first kappa shape index (κ1) is 12.6. The summed E-state index contributed by atoms with van der Waals surface area (Å²) in [5, 5.41) is 0. The second-order valence-corrected chi connectivity index (χ2v) is 8.61. The van der Waals surface area contributed by atoms with E-state index in [0.717, 1.165) is 18.7 Å². The van der Waals surface area contributed by atoms with Crippen LogP contribution in [0.3, 0.4) is 0 Å². The number of nitrogens with zero attached hydrogens (tertiary/aromatic N) is 1. The second kappa shape index (κ2) is 4.62. The number of alkyl halides is 1. The molecule has 18 heavy (non-hydrogen) atoms. The number of likely N-dealkylation sites (tertiary alicyclic amines) is 1. The standard InChI is InChI=1S/C13H16BrNO2S/c14-13-12(15-8-4-1-5-9-15)10-6-2-3-7-11(10)18(13,16)17/h2-3,6-7,12-13H,1,4-5,8-9H2/t12-,13-/m1/s1. The number of hydrogen-bond donors (Lipinski definition) is 0. The van der Waals surface area contributed by atoms with E-state index in [4.69, 9.17) is 0 Å². The van der Waals surface area contributed by atoms with E-state index in [9.17, 15) is 8.42 Å². The van der Waals surface area contributed by atoms with Crippen LogP contribution < -0.4 is 0 Å². The van der Waals surface area contributed by atoms with E-state index >= 15 is 0 Å². The van der Waals surface area contributed by atoms with Gasteiger partial charge in [0, 0.05) is 0 Å². The summed E-state index contributed by atoms with van der Waals surface area (Å²) in [7, 11) is -3.21. The van der Waals surface area contributed by atoms with Crippen molar-refractivity contribution in [2.24, 2.45) is 0 Å². The first-order chi connectivity index (χ1) is 8.62. The zero-order chi connectivity index (χ0) is 12.8. The molecule has 98 valence electrons. The first-order valence-corrected chi connectivity index (χ1v) is 8.79. The highest BCUT2D eigenvalue weighted by Crippen LogP contribution is 2.45. The zero-order valence-corrected chi connectivity index (χ0v) is 12.5. The Morgan fingerprint density at radius 1 is 1.11 bits per heavy atom. The predicted octanol–water partition coefficient (Wildman–Crippen LogP) is 2.72. The normalized spacial score (nSPS) is 31.2. The molecule has 0 aliphatic carbocycles. The van der Waals surface area contributed by atoms with Crippen LogP contribution in [0, 0.1) is 0 Å². The van der Waals surface area contributed by atoms with Gasteiger partial charge in [0.15, 0.2) is 9.84 Å². The van der Waals surface area contributed by atoms with Crippen LogP contribution in [0.5, 0.6) is 0 Å². The van der Waals surface area contributed by atoms with Gasteiger partial charge in [0.25, 0.3) is 0 Å². The van der Waals surface area contributed by atoms with Crippen molar-refractivity contribution in [3.05, 3.63) is 29.8 Å². The van der Waals surface area contributed by atoms with Crippen molar-refractivity contribution in [3.8, 4) is 0 Å². The molecule has 3 nitrogen and oxygen atoms in total. The Bertz CT molecular complexity index is 552. The number of fused-ring (bicyclic) bond motifs is 1. The van der Waals surface area contributed by atoms with Crippen molar-refractivity contribution < 1.29 is 8.42 Å². The third-order valence-electron chi connectivity index (χ3n) is 3.87. The Hall–Kier alpha value is -0.390. The Morgan fingerprint density at radius 2 is 1.78 bits per heavy atom. The lowest BCUT2D eigenvalue weighted by Crippen LogP contribution is -2.37. The van der Waals surface area contributed by atoms with Gasteiger partial charge in [-0.15, -0.1) is 0 Å². The second-order valence-electron chi connectivity index (χ2n) is 4.98. The summed E-state index contributed by atoms with van der Waals surface area (Å²) in [6, 6.07) is 7.38. The molecule has 2 heterocycles. The summed E-state index contributed by atoms with van der Waals surface area (Å²) in [4.78, 5) is 2.81. The lowest BCUT2D eigenvalue weighted by atomic mass is 10.0. The van der Waals surface area contributed by atoms with Gasteiger partial charge in [-0.2, -0.15) is 0 Å². The molecule has 0 unspecified atom stereocenters. The van der Waals surface area contributed by atoms with Gasteiger partial charge in [-0.1, -0.05) is 40.5 Å². The number of benzene rings is 1. The van der Waals surface area contributed by atoms with Gasteiger partial charge in [0.1, 0.15) is 4.16 Å². The monoisotopic (exact) mass is 329 g/mol. The summed E-state index contributed by atoms with van der Waals surface area (Å²) in [6.45, 7) is 1.99. The van der Waals surface area contributed by atoms with Crippen LogP contribution in [0.1, 0.15) is 30.9 Å². The van der Waals surface area contributed by atoms with E-state index in [2.05, 4.69) is 20.8 Å². The SMILES string of the molecule is O=S1(=O)c2ccccc2[C@@H](N2CCCCC2)[C@@H]1Br. The molecule has 0 spiro atoms. The van der Waals surface area contributed by atoms with Crippen LogP contribution in [-0.2, 0) is 9.84 Å². The van der Waals surface area contributed by atoms with E-state index < -0.39 is 14.0 Å². The molecule has 2 aliphatic rings. The van der Waals surface area contributed by atoms with Gasteiger partial charge in [0.05, 0.1) is 10.9 Å². The fourth-order valence-corrected chi connectivity index (χ4v) is 5.88. The number of hydrogen-bond acceptors (Lipinski definition) is 3. The quantitative estimate of drug-likeness (QED) is 0.743. The molecule has 0 N–H and O–H groups in total. The molecule has 3 rings (SSSR count). The van der Waals surface area contributed by atoms with E-state index in [-0.39, 0.29) is 6.04 Å². The number of piperidine rings is 1. The molecule has 0 saturated carbocycles. The minimum Gasteiger partial charge on any atom is -0.294 e. The average Bonchev–Trinajstić information content (AvgIpc) is 2.60. The maximum absolute atomic E-state index is 12.4. The molecule has 1 aromatic carbocycles. The molecule has 0 amide bonds. The van der Waals surface area contributed by atoms with Crippen molar-refractivity contribution in [2.75, 3.05) is 13.1 Å². The Morgan fingerprint density at radius 3 is 2.50 bits per heavy atom. The minimum absolute atomic E-state index is 0.0218. The summed E-state index contributed by atoms with van der Waals surface area (Å²) in [6.07, 6.45) is 3.58. The van der Waals surface area contributed by atoms with Crippen molar-refractivity contribution in [1.29, 1.82) is 0 Å². The third kappa shape index (κ3) is 1.84. The predicted molar refractivity (Wildman–Crippen MR) is 74.5 cm³/mol. The number of halogens is 1. The summed E-state index contributed by atoms with van der Waals surface area (Å²) < 4.78 is 24.2. The molecule has 2 aliphatic heterocycles. The highest BCUT2D eigenvalue weighted by molar-refractivity contribution is 9.11. The van der Waals surface area contributed by atoms with Crippen LogP contribution in [0.15, 0.2) is 29.2 Å². The highest BCUT2D eigenvalue weighted by Gasteiger charge is 2.46. The van der Waals surface area contributed by atoms with E-state index in [1.807, 2.05) is 12.1 Å². The lowest BCUT2D eigenvalue weighted by Gasteiger charge is -2.33. The largest absolute Gasteiger partial charge is 0.294 e. The smallest absolute Gasteiger partial charge is 0.193 e. The third-order valence-corrected chi connectivity index (χ3v) is 7.69. The molecule has 0 bridgehead atoms. The van der Waals surface area contributed by atoms with Crippen molar-refractivity contribution in [1.82, 2.24) is 4.90 Å². The summed E-state index contributed by atoms with van der Waals surface area (Å²) >= 11 is 3.41. The van der Waals surface area contributed by atoms with Gasteiger partial charge in [-0.05, 0) is 37.6 Å². The van der Waals surface area contributed by atoms with E-state index in [1.165, 1.54) is 19.3 Å². The summed E-state index contributed by atoms with van der Waals surface area (Å²) in [5.41, 5.74) is 0.960. The molecule has 1 fully saturated rings. The number of rotatable bonds is 1. The topological polar surface area (TPSA) is 37.4 Å². The molecule has 1 saturated heterocycles. The Balaban J connectivity index is 2.05. The molecule has 0 radical (unpaired) electrons. The Kier molecular flexibility index (Phi) is 3.24. The van der Waals surface area contributed by atoms with Crippen LogP contribution in [0.2, 0.25) is 0 Å². The van der Waals surface area contributed by atoms with Crippen molar-refractivity contribution in [3.63, 3.8) is 0 Å². The van der Waals surface area contributed by atoms with Gasteiger partial charge in [0.2, 0.25) is 0 Å². The molecule has 0 aromatic heterocycles. The van der Waals surface area contributed by atoms with Crippen molar-refractivity contribution in [2.45, 2.75) is 34.4 Å². The van der Waals surface area contributed by atoms with Crippen LogP contribution in [-0.4, -0.2) is 30.6 Å². The first-order valence-electron chi connectivity index (χ1n) is 6.33. The molecule has 2 atom stereocenters. The number of sulfone groups is 1. The molecular weight excluding hydrogens is 314 g/mol. The molecule has 1 aromatic rings. The molecular formula is C13H16BrNO2S. The van der Waals surface area contributed by atoms with Crippen LogP contribution in [0.4, 0.5) is 0 Å². The molecule has 5 heteroatoms. The lowest BCUT2D eigenvalue weighted by molar-refractivity contribution is 0.174. The zero-order valence-electron chi connectivity index (χ0n) is 10.0. The average molecular weight is 330 g/mol. The Labute approximate surface area is 116 Å². The minimum atomic E-state index is -3.21. The van der Waals surface area contributed by atoms with Gasteiger partial charge < -0.3 is 0 Å². The van der Waals surface area contributed by atoms with Crippen LogP contribution >= 0.6 is 15.9 Å². The highest BCUT2D eigenvalue weighted by atomic mass is 79.9. The van der Waals surface area contributed by atoms with E-state index in [1.54, 1.807) is 12.1 Å². The van der Waals surface area contributed by atoms with Crippen LogP contribution in [0.25, 0.3) is 0 Å². The summed E-state index contributed by atoms with van der Waals surface area (Å²) in [5.74, 6) is 0. The van der Waals surface area contributed by atoms with Crippen molar-refractivity contribution >= 4 is 25.8 Å². The van der Waals surface area contributed by atoms with Gasteiger partial charge in [-0.3, -0.25) is 4.90 Å². The fourth-order valence-electron chi connectivity index (χ4n) is 2.98.